The van der Waals surface area contributed by atoms with Gasteiger partial charge in [0.25, 0.3) is 11.7 Å². The van der Waals surface area contributed by atoms with Crippen LogP contribution in [0.5, 0.6) is 0 Å². The van der Waals surface area contributed by atoms with Crippen LogP contribution >= 0.6 is 0 Å². The number of fused-ring (bicyclic) bond motifs is 1. The SMILES string of the molecule is CCOC(=O)CC(=O)CN1C(=O)C(=O)c2cccc(F)c21. The van der Waals surface area contributed by atoms with Crippen LogP contribution in [0.25, 0.3) is 0 Å². The molecule has 0 fully saturated rings. The van der Waals surface area contributed by atoms with Crippen molar-refractivity contribution in [2.45, 2.75) is 13.3 Å². The van der Waals surface area contributed by atoms with Gasteiger partial charge in [-0.15, -0.1) is 0 Å². The summed E-state index contributed by atoms with van der Waals surface area (Å²) in [6.07, 6.45) is -0.532. The Morgan fingerprint density at radius 2 is 2.00 bits per heavy atom. The van der Waals surface area contributed by atoms with Crippen LogP contribution in [0.3, 0.4) is 0 Å². The topological polar surface area (TPSA) is 80.8 Å². The summed E-state index contributed by atoms with van der Waals surface area (Å²) in [7, 11) is 0. The average Bonchev–Trinajstić information content (AvgIpc) is 2.65. The second kappa shape index (κ2) is 5.82. The Morgan fingerprint density at radius 3 is 2.67 bits per heavy atom. The highest BCUT2D eigenvalue weighted by Crippen LogP contribution is 2.31. The van der Waals surface area contributed by atoms with Crippen LogP contribution < -0.4 is 4.90 Å². The van der Waals surface area contributed by atoms with Gasteiger partial charge in [-0.3, -0.25) is 24.1 Å². The molecule has 0 saturated carbocycles. The molecule has 0 bridgehead atoms. The second-order valence-electron chi connectivity index (χ2n) is 4.38. The molecule has 0 aliphatic carbocycles. The lowest BCUT2D eigenvalue weighted by molar-refractivity contribution is -0.145. The first-order valence-electron chi connectivity index (χ1n) is 6.27. The minimum Gasteiger partial charge on any atom is -0.466 e. The minimum absolute atomic E-state index is 0.0797. The van der Waals surface area contributed by atoms with Gasteiger partial charge in [-0.2, -0.15) is 0 Å². The van der Waals surface area contributed by atoms with E-state index in [1.54, 1.807) is 6.92 Å². The molecule has 1 aliphatic heterocycles. The van der Waals surface area contributed by atoms with Gasteiger partial charge >= 0.3 is 5.97 Å². The van der Waals surface area contributed by atoms with E-state index < -0.39 is 42.2 Å². The zero-order valence-electron chi connectivity index (χ0n) is 11.2. The Bertz CT molecular complexity index is 640. The van der Waals surface area contributed by atoms with Crippen LogP contribution in [-0.2, 0) is 19.1 Å². The number of hydrogen-bond acceptors (Lipinski definition) is 5. The van der Waals surface area contributed by atoms with E-state index in [9.17, 15) is 23.6 Å². The maximum absolute atomic E-state index is 13.8. The molecule has 1 aliphatic rings. The third-order valence-electron chi connectivity index (χ3n) is 2.92. The van der Waals surface area contributed by atoms with Crippen molar-refractivity contribution in [1.29, 1.82) is 0 Å². The van der Waals surface area contributed by atoms with E-state index in [2.05, 4.69) is 4.74 Å². The molecule has 1 heterocycles. The van der Waals surface area contributed by atoms with Crippen LogP contribution in [0.15, 0.2) is 18.2 Å². The molecule has 6 nitrogen and oxygen atoms in total. The molecule has 7 heteroatoms. The Kier molecular flexibility index (Phi) is 4.11. The van der Waals surface area contributed by atoms with Crippen molar-refractivity contribution in [2.24, 2.45) is 0 Å². The Balaban J connectivity index is 2.18. The molecule has 21 heavy (non-hydrogen) atoms. The van der Waals surface area contributed by atoms with Crippen molar-refractivity contribution < 1.29 is 28.3 Å². The number of Topliss-reactive ketones (excluding diaryl/α,β-unsaturated/α-hetero) is 2. The van der Waals surface area contributed by atoms with Gasteiger partial charge in [0.05, 0.1) is 24.4 Å². The molecule has 0 spiro atoms. The fraction of sp³-hybridized carbons (Fsp3) is 0.286. The van der Waals surface area contributed by atoms with Crippen molar-refractivity contribution in [2.75, 3.05) is 18.1 Å². The number of amides is 1. The number of carbonyl (C=O) groups is 4. The van der Waals surface area contributed by atoms with Crippen LogP contribution in [0.4, 0.5) is 10.1 Å². The van der Waals surface area contributed by atoms with E-state index in [4.69, 9.17) is 0 Å². The summed E-state index contributed by atoms with van der Waals surface area (Å²) in [5.41, 5.74) is -0.298. The molecule has 0 N–H and O–H groups in total. The van der Waals surface area contributed by atoms with Crippen LogP contribution in [-0.4, -0.2) is 36.6 Å². The number of nitrogens with zero attached hydrogens (tertiary/aromatic N) is 1. The first-order chi connectivity index (χ1) is 9.95. The minimum atomic E-state index is -0.979. The number of para-hydroxylation sites is 1. The van der Waals surface area contributed by atoms with Crippen LogP contribution in [0.1, 0.15) is 23.7 Å². The van der Waals surface area contributed by atoms with E-state index in [0.29, 0.717) is 0 Å². The smallest absolute Gasteiger partial charge is 0.313 e. The van der Waals surface area contributed by atoms with E-state index in [-0.39, 0.29) is 17.9 Å². The summed E-state index contributed by atoms with van der Waals surface area (Å²) in [4.78, 5) is 47.2. The van der Waals surface area contributed by atoms with Gasteiger partial charge in [-0.05, 0) is 19.1 Å². The van der Waals surface area contributed by atoms with Gasteiger partial charge < -0.3 is 4.74 Å². The van der Waals surface area contributed by atoms with E-state index in [1.165, 1.54) is 12.1 Å². The fourth-order valence-electron chi connectivity index (χ4n) is 2.07. The lowest BCUT2D eigenvalue weighted by atomic mass is 10.1. The van der Waals surface area contributed by atoms with Crippen molar-refractivity contribution in [3.63, 3.8) is 0 Å². The number of anilines is 1. The van der Waals surface area contributed by atoms with Crippen LogP contribution in [0, 0.1) is 5.82 Å². The molecular weight excluding hydrogens is 281 g/mol. The predicted octanol–water partition coefficient (Wildman–Crippen LogP) is 0.877. The van der Waals surface area contributed by atoms with Gasteiger partial charge in [-0.25, -0.2) is 4.39 Å². The molecule has 1 aromatic carbocycles. The van der Waals surface area contributed by atoms with Crippen molar-refractivity contribution in [1.82, 2.24) is 0 Å². The number of rotatable bonds is 5. The molecular formula is C14H12FNO5. The summed E-state index contributed by atoms with van der Waals surface area (Å²) in [5, 5.41) is 0. The van der Waals surface area contributed by atoms with Gasteiger partial charge in [-0.1, -0.05) is 6.07 Å². The van der Waals surface area contributed by atoms with Crippen molar-refractivity contribution in [3.8, 4) is 0 Å². The number of carbonyl (C=O) groups excluding carboxylic acids is 4. The van der Waals surface area contributed by atoms with E-state index in [1.807, 2.05) is 0 Å². The summed E-state index contributed by atoms with van der Waals surface area (Å²) in [6.45, 7) is 1.18. The molecule has 0 atom stereocenters. The first-order valence-corrected chi connectivity index (χ1v) is 6.27. The number of ether oxygens (including phenoxy) is 1. The maximum Gasteiger partial charge on any atom is 0.313 e. The molecule has 0 aromatic heterocycles. The fourth-order valence-corrected chi connectivity index (χ4v) is 2.07. The van der Waals surface area contributed by atoms with Gasteiger partial charge in [0.2, 0.25) is 0 Å². The lowest BCUT2D eigenvalue weighted by Gasteiger charge is -2.15. The summed E-state index contributed by atoms with van der Waals surface area (Å²) in [5.74, 6) is -3.98. The quantitative estimate of drug-likeness (QED) is 0.457. The Labute approximate surface area is 119 Å². The highest BCUT2D eigenvalue weighted by Gasteiger charge is 2.38. The van der Waals surface area contributed by atoms with Gasteiger partial charge in [0.15, 0.2) is 5.78 Å². The van der Waals surface area contributed by atoms with Crippen LogP contribution in [0.2, 0.25) is 0 Å². The predicted molar refractivity (Wildman–Crippen MR) is 69.3 cm³/mol. The van der Waals surface area contributed by atoms with Gasteiger partial charge in [0.1, 0.15) is 12.2 Å². The number of halogens is 1. The molecule has 1 aromatic rings. The number of benzene rings is 1. The van der Waals surface area contributed by atoms with E-state index >= 15 is 0 Å². The molecule has 0 saturated heterocycles. The van der Waals surface area contributed by atoms with Gasteiger partial charge in [0, 0.05) is 0 Å². The zero-order chi connectivity index (χ0) is 15.6. The zero-order valence-corrected chi connectivity index (χ0v) is 11.2. The number of ketones is 2. The second-order valence-corrected chi connectivity index (χ2v) is 4.38. The molecule has 0 unspecified atom stereocenters. The van der Waals surface area contributed by atoms with Crippen molar-refractivity contribution in [3.05, 3.63) is 29.6 Å². The molecule has 0 radical (unpaired) electrons. The lowest BCUT2D eigenvalue weighted by Crippen LogP contribution is -2.35. The largest absolute Gasteiger partial charge is 0.466 e. The first kappa shape index (κ1) is 14.8. The highest BCUT2D eigenvalue weighted by atomic mass is 19.1. The average molecular weight is 293 g/mol. The summed E-state index contributed by atoms with van der Waals surface area (Å²) < 4.78 is 18.4. The monoisotopic (exact) mass is 293 g/mol. The third kappa shape index (κ3) is 2.81. The Morgan fingerprint density at radius 1 is 1.29 bits per heavy atom. The highest BCUT2D eigenvalue weighted by molar-refractivity contribution is 6.52. The normalized spacial score (nSPS) is 13.3. The Hall–Kier alpha value is -2.57. The summed E-state index contributed by atoms with van der Waals surface area (Å²) >= 11 is 0. The third-order valence-corrected chi connectivity index (χ3v) is 2.92. The van der Waals surface area contributed by atoms with E-state index in [0.717, 1.165) is 11.0 Å². The standard InChI is InChI=1S/C14H12FNO5/c1-2-21-11(18)6-8(17)7-16-12-9(13(19)14(16)20)4-3-5-10(12)15/h3-5H,2,6-7H2,1H3. The molecule has 2 rings (SSSR count). The number of hydrogen-bond donors (Lipinski definition) is 0. The summed E-state index contributed by atoms with van der Waals surface area (Å²) in [6, 6.07) is 3.71. The molecule has 110 valence electrons. The maximum atomic E-state index is 13.8. The number of esters is 1. The van der Waals surface area contributed by atoms with Crippen molar-refractivity contribution >= 4 is 29.1 Å². The molecule has 1 amide bonds.